The molecule has 0 aromatic rings. The van der Waals surface area contributed by atoms with Crippen LogP contribution in [0.4, 0.5) is 0 Å². The lowest BCUT2D eigenvalue weighted by atomic mass is 9.85. The molecule has 13 nitrogen and oxygen atoms in total. The van der Waals surface area contributed by atoms with Crippen molar-refractivity contribution in [3.8, 4) is 0 Å². The van der Waals surface area contributed by atoms with Crippen LogP contribution < -0.4 is 0 Å². The van der Waals surface area contributed by atoms with Crippen molar-refractivity contribution >= 4 is 19.8 Å². The van der Waals surface area contributed by atoms with E-state index in [-0.39, 0.29) is 12.8 Å². The summed E-state index contributed by atoms with van der Waals surface area (Å²) in [5.74, 6) is -1.12. The van der Waals surface area contributed by atoms with Crippen LogP contribution in [-0.4, -0.2) is 98.3 Å². The number of aliphatic hydroxyl groups excluding tert-OH is 5. The molecule has 0 heterocycles. The normalized spacial score (nSPS) is 21.9. The van der Waals surface area contributed by atoms with E-state index in [1.807, 2.05) is 0 Å². The minimum absolute atomic E-state index is 0.0878. The van der Waals surface area contributed by atoms with Crippen LogP contribution >= 0.6 is 7.82 Å². The largest absolute Gasteiger partial charge is 0.472 e. The number of aliphatic hydroxyl groups is 5. The van der Waals surface area contributed by atoms with E-state index < -0.39 is 75.7 Å². The fourth-order valence-corrected chi connectivity index (χ4v) is 8.31. The van der Waals surface area contributed by atoms with E-state index in [4.69, 9.17) is 18.5 Å². The Balaban J connectivity index is 2.41. The molecule has 0 bridgehead atoms. The maximum absolute atomic E-state index is 12.8. The van der Waals surface area contributed by atoms with Gasteiger partial charge in [0, 0.05) is 12.8 Å². The molecule has 0 aliphatic heterocycles. The summed E-state index contributed by atoms with van der Waals surface area (Å²) in [5, 5.41) is 50.2. The number of carbonyl (C=O) groups excluding carboxylic acids is 2. The topological polar surface area (TPSA) is 210 Å². The van der Waals surface area contributed by atoms with Crippen molar-refractivity contribution in [2.75, 3.05) is 13.2 Å². The zero-order chi connectivity index (χ0) is 47.1. The highest BCUT2D eigenvalue weighted by Gasteiger charge is 2.51. The Hall–Kier alpha value is -2.19. The molecular formula is C50H89O13P. The molecule has 372 valence electrons. The number of hydrogen-bond acceptors (Lipinski definition) is 12. The molecule has 1 rings (SSSR count). The van der Waals surface area contributed by atoms with Crippen LogP contribution in [0.2, 0.25) is 0 Å². The fraction of sp³-hybridized carbons (Fsp3) is 0.800. The van der Waals surface area contributed by atoms with Crippen molar-refractivity contribution in [3.05, 3.63) is 48.6 Å². The summed E-state index contributed by atoms with van der Waals surface area (Å²) in [7, 11) is -5.13. The van der Waals surface area contributed by atoms with Gasteiger partial charge in [0.1, 0.15) is 43.2 Å². The summed E-state index contributed by atoms with van der Waals surface area (Å²) >= 11 is 0. The van der Waals surface area contributed by atoms with Gasteiger partial charge in [0.05, 0.1) is 6.61 Å². The van der Waals surface area contributed by atoms with Gasteiger partial charge in [-0.1, -0.05) is 165 Å². The van der Waals surface area contributed by atoms with Crippen LogP contribution in [0.25, 0.3) is 0 Å². The number of esters is 2. The van der Waals surface area contributed by atoms with Crippen LogP contribution in [0.15, 0.2) is 48.6 Å². The van der Waals surface area contributed by atoms with Gasteiger partial charge in [-0.3, -0.25) is 18.6 Å². The van der Waals surface area contributed by atoms with Crippen LogP contribution in [0.1, 0.15) is 200 Å². The van der Waals surface area contributed by atoms with E-state index in [1.165, 1.54) is 77.0 Å². The van der Waals surface area contributed by atoms with Gasteiger partial charge in [-0.05, 0) is 70.6 Å². The average Bonchev–Trinajstić information content (AvgIpc) is 3.28. The number of carbonyl (C=O) groups is 2. The van der Waals surface area contributed by atoms with Gasteiger partial charge < -0.3 is 39.9 Å². The molecule has 1 fully saturated rings. The molecule has 1 aliphatic carbocycles. The molecule has 64 heavy (non-hydrogen) atoms. The summed E-state index contributed by atoms with van der Waals surface area (Å²) in [6, 6.07) is 0. The number of phosphoric acid groups is 1. The summed E-state index contributed by atoms with van der Waals surface area (Å²) < 4.78 is 33.6. The molecule has 14 heteroatoms. The van der Waals surface area contributed by atoms with E-state index in [1.54, 1.807) is 0 Å². The molecule has 6 N–H and O–H groups in total. The summed E-state index contributed by atoms with van der Waals surface area (Å²) in [6.45, 7) is 3.24. The minimum atomic E-state index is -5.13. The number of phosphoric ester groups is 1. The van der Waals surface area contributed by atoms with Crippen molar-refractivity contribution in [3.63, 3.8) is 0 Å². The third-order valence-electron chi connectivity index (χ3n) is 11.4. The van der Waals surface area contributed by atoms with Crippen LogP contribution in [0, 0.1) is 0 Å². The highest BCUT2D eigenvalue weighted by atomic mass is 31.2. The first-order valence-electron chi connectivity index (χ1n) is 24.9. The molecule has 6 unspecified atom stereocenters. The second-order valence-electron chi connectivity index (χ2n) is 17.3. The van der Waals surface area contributed by atoms with Gasteiger partial charge >= 0.3 is 19.8 Å². The number of allylic oxidation sites excluding steroid dienone is 8. The van der Waals surface area contributed by atoms with Crippen molar-refractivity contribution in [2.24, 2.45) is 0 Å². The quantitative estimate of drug-likeness (QED) is 0.0146. The standard InChI is InChI=1S/C50H89O13P/c1-3-5-7-9-11-13-15-17-19-20-21-22-23-24-25-27-29-31-33-35-37-39-44(52)62-42(41-61-64(58,59)63-50-48(56)46(54)45(53)47(55)49(50)57)40-60-43(51)38-36-34-32-30-28-26-18-16-14-12-10-8-6-4-2/h10,12,15-18,20-21,42,45-50,53-57H,3-9,11,13-14,19,22-41H2,1-2H3,(H,58,59)/b12-10-,17-15-,18-16-,21-20-. The molecule has 0 radical (unpaired) electrons. The lowest BCUT2D eigenvalue weighted by Crippen LogP contribution is -2.64. The first-order valence-corrected chi connectivity index (χ1v) is 26.4. The third-order valence-corrected chi connectivity index (χ3v) is 12.4. The Labute approximate surface area is 386 Å². The monoisotopic (exact) mass is 929 g/mol. The zero-order valence-electron chi connectivity index (χ0n) is 39.6. The highest BCUT2D eigenvalue weighted by molar-refractivity contribution is 7.47. The molecule has 0 aromatic heterocycles. The lowest BCUT2D eigenvalue weighted by molar-refractivity contribution is -0.220. The van der Waals surface area contributed by atoms with E-state index in [9.17, 15) is 44.6 Å². The number of hydrogen-bond donors (Lipinski definition) is 6. The Morgan fingerprint density at radius 2 is 0.859 bits per heavy atom. The fourth-order valence-electron chi connectivity index (χ4n) is 7.33. The van der Waals surface area contributed by atoms with Crippen molar-refractivity contribution in [1.82, 2.24) is 0 Å². The van der Waals surface area contributed by atoms with Gasteiger partial charge in [-0.15, -0.1) is 0 Å². The smallest absolute Gasteiger partial charge is 0.462 e. The molecule has 1 saturated carbocycles. The zero-order valence-corrected chi connectivity index (χ0v) is 40.5. The van der Waals surface area contributed by atoms with Gasteiger partial charge in [0.25, 0.3) is 0 Å². The SMILES string of the molecule is CCCC/C=C\C/C=C\CCCCCCCC(=O)OCC(COP(=O)(O)OC1C(O)C(O)C(O)C(O)C1O)OC(=O)CCCCCCCCCCC/C=C\C/C=C\CCCCCCC. The van der Waals surface area contributed by atoms with Gasteiger partial charge in [-0.25, -0.2) is 4.57 Å². The Morgan fingerprint density at radius 3 is 1.31 bits per heavy atom. The molecule has 1 aliphatic rings. The van der Waals surface area contributed by atoms with E-state index >= 15 is 0 Å². The predicted octanol–water partition coefficient (Wildman–Crippen LogP) is 10.3. The number of ether oxygens (including phenoxy) is 2. The number of unbranched alkanes of at least 4 members (excludes halogenated alkanes) is 21. The molecule has 0 spiro atoms. The Morgan fingerprint density at radius 1 is 0.484 bits per heavy atom. The average molecular weight is 929 g/mol. The second kappa shape index (κ2) is 39.9. The maximum atomic E-state index is 12.8. The molecule has 6 atom stereocenters. The van der Waals surface area contributed by atoms with Crippen molar-refractivity contribution in [2.45, 2.75) is 243 Å². The first kappa shape index (κ1) is 59.8. The first-order chi connectivity index (χ1) is 30.9. The van der Waals surface area contributed by atoms with Crippen LogP contribution in [0.3, 0.4) is 0 Å². The number of rotatable bonds is 41. The van der Waals surface area contributed by atoms with Gasteiger partial charge in [-0.2, -0.15) is 0 Å². The van der Waals surface area contributed by atoms with E-state index in [0.717, 1.165) is 83.5 Å². The lowest BCUT2D eigenvalue weighted by Gasteiger charge is -2.41. The van der Waals surface area contributed by atoms with E-state index in [0.29, 0.717) is 12.8 Å². The summed E-state index contributed by atoms with van der Waals surface area (Å²) in [6.07, 6.45) is 34.4. The second-order valence-corrected chi connectivity index (χ2v) is 18.7. The third kappa shape index (κ3) is 31.7. The summed E-state index contributed by atoms with van der Waals surface area (Å²) in [4.78, 5) is 35.8. The molecule has 0 aromatic carbocycles. The molecule has 0 amide bonds. The predicted molar refractivity (Wildman–Crippen MR) is 253 cm³/mol. The Kier molecular flexibility index (Phi) is 37.3. The molecular weight excluding hydrogens is 840 g/mol. The summed E-state index contributed by atoms with van der Waals surface area (Å²) in [5.41, 5.74) is 0. The van der Waals surface area contributed by atoms with Gasteiger partial charge in [0.2, 0.25) is 0 Å². The molecule has 0 saturated heterocycles. The van der Waals surface area contributed by atoms with Crippen molar-refractivity contribution in [1.29, 1.82) is 0 Å². The Bertz CT molecular complexity index is 1300. The van der Waals surface area contributed by atoms with E-state index in [2.05, 4.69) is 62.5 Å². The maximum Gasteiger partial charge on any atom is 0.472 e. The van der Waals surface area contributed by atoms with Crippen LogP contribution in [-0.2, 0) is 32.7 Å². The van der Waals surface area contributed by atoms with Crippen molar-refractivity contribution < 1.29 is 63.1 Å². The highest BCUT2D eigenvalue weighted by Crippen LogP contribution is 2.47. The van der Waals surface area contributed by atoms with Gasteiger partial charge in [0.15, 0.2) is 6.10 Å². The minimum Gasteiger partial charge on any atom is -0.462 e. The van der Waals surface area contributed by atoms with Crippen LogP contribution in [0.5, 0.6) is 0 Å².